The van der Waals surface area contributed by atoms with Crippen molar-refractivity contribution in [1.29, 1.82) is 0 Å². The third-order valence-corrected chi connectivity index (χ3v) is 3.41. The molecule has 1 aromatic heterocycles. The second-order valence-electron chi connectivity index (χ2n) is 4.74. The Labute approximate surface area is 113 Å². The molecule has 1 aliphatic rings. The quantitative estimate of drug-likeness (QED) is 0.816. The number of aliphatic hydroxyl groups is 1. The number of carbonyl (C=O) groups is 1. The Balaban J connectivity index is 1.97. The largest absolute Gasteiger partial charge is 0.462 e. The highest BCUT2D eigenvalue weighted by molar-refractivity contribution is 5.89. The summed E-state index contributed by atoms with van der Waals surface area (Å²) in [6.07, 6.45) is 3.49. The van der Waals surface area contributed by atoms with Gasteiger partial charge in [0.15, 0.2) is 0 Å². The van der Waals surface area contributed by atoms with Gasteiger partial charge in [-0.2, -0.15) is 0 Å². The van der Waals surface area contributed by atoms with E-state index in [0.29, 0.717) is 18.1 Å². The molecule has 1 fully saturated rings. The molecule has 0 amide bonds. The summed E-state index contributed by atoms with van der Waals surface area (Å²) in [5, 5.41) is 8.95. The first kappa shape index (κ1) is 13.8. The number of nitrogens with zero attached hydrogens (tertiary/aromatic N) is 2. The van der Waals surface area contributed by atoms with Gasteiger partial charge >= 0.3 is 5.97 Å². The number of hydrogen-bond donors (Lipinski definition) is 1. The lowest BCUT2D eigenvalue weighted by Gasteiger charge is -2.17. The maximum absolute atomic E-state index is 11.5. The Morgan fingerprint density at radius 1 is 1.58 bits per heavy atom. The van der Waals surface area contributed by atoms with E-state index < -0.39 is 0 Å². The molecule has 1 aliphatic heterocycles. The summed E-state index contributed by atoms with van der Waals surface area (Å²) in [6, 6.07) is 3.60. The lowest BCUT2D eigenvalue weighted by atomic mass is 10.1. The second kappa shape index (κ2) is 6.52. The summed E-state index contributed by atoms with van der Waals surface area (Å²) < 4.78 is 4.92. The molecule has 1 saturated heterocycles. The van der Waals surface area contributed by atoms with Crippen LogP contribution in [-0.2, 0) is 4.74 Å². The van der Waals surface area contributed by atoms with Gasteiger partial charge in [0.25, 0.3) is 0 Å². The molecule has 1 N–H and O–H groups in total. The zero-order valence-electron chi connectivity index (χ0n) is 11.2. The molecular weight excluding hydrogens is 244 g/mol. The van der Waals surface area contributed by atoms with Crippen molar-refractivity contribution in [2.75, 3.05) is 31.2 Å². The topological polar surface area (TPSA) is 62.7 Å². The minimum Gasteiger partial charge on any atom is -0.462 e. The zero-order valence-corrected chi connectivity index (χ0v) is 11.2. The maximum Gasteiger partial charge on any atom is 0.339 e. The molecule has 0 bridgehead atoms. The minimum atomic E-state index is -0.332. The monoisotopic (exact) mass is 264 g/mol. The molecule has 1 aromatic rings. The number of aliphatic hydroxyl groups excluding tert-OH is 1. The fourth-order valence-corrected chi connectivity index (χ4v) is 2.37. The standard InChI is InChI=1S/C14H20N2O3/c1-2-19-14(18)12-3-4-13(15-9-12)16-7-5-11(10-16)6-8-17/h3-4,9,11,17H,2,5-8,10H2,1H3. The van der Waals surface area contributed by atoms with Crippen LogP contribution >= 0.6 is 0 Å². The molecule has 5 nitrogen and oxygen atoms in total. The van der Waals surface area contributed by atoms with Crippen LogP contribution in [0, 0.1) is 5.92 Å². The molecule has 5 heteroatoms. The molecule has 2 rings (SSSR count). The van der Waals surface area contributed by atoms with E-state index in [2.05, 4.69) is 9.88 Å². The predicted molar refractivity (Wildman–Crippen MR) is 72.2 cm³/mol. The molecule has 104 valence electrons. The van der Waals surface area contributed by atoms with Crippen LogP contribution in [0.25, 0.3) is 0 Å². The SMILES string of the molecule is CCOC(=O)c1ccc(N2CCC(CCO)C2)nc1. The average Bonchev–Trinajstić information content (AvgIpc) is 2.88. The maximum atomic E-state index is 11.5. The molecule has 0 saturated carbocycles. The van der Waals surface area contributed by atoms with Crippen molar-refractivity contribution in [3.63, 3.8) is 0 Å². The van der Waals surface area contributed by atoms with Crippen LogP contribution in [-0.4, -0.2) is 42.4 Å². The Morgan fingerprint density at radius 2 is 2.42 bits per heavy atom. The molecule has 2 heterocycles. The Kier molecular flexibility index (Phi) is 4.74. The van der Waals surface area contributed by atoms with Crippen molar-refractivity contribution in [1.82, 2.24) is 4.98 Å². The van der Waals surface area contributed by atoms with Crippen molar-refractivity contribution < 1.29 is 14.6 Å². The Bertz CT molecular complexity index is 419. The highest BCUT2D eigenvalue weighted by Crippen LogP contribution is 2.24. The first-order valence-electron chi connectivity index (χ1n) is 6.73. The van der Waals surface area contributed by atoms with Crippen LogP contribution in [0.15, 0.2) is 18.3 Å². The molecule has 0 radical (unpaired) electrons. The normalized spacial score (nSPS) is 18.6. The first-order valence-corrected chi connectivity index (χ1v) is 6.73. The van der Waals surface area contributed by atoms with Gasteiger partial charge in [0, 0.05) is 25.9 Å². The predicted octanol–water partition coefficient (Wildman–Crippen LogP) is 1.47. The van der Waals surface area contributed by atoms with Crippen LogP contribution < -0.4 is 4.90 Å². The molecule has 19 heavy (non-hydrogen) atoms. The average molecular weight is 264 g/mol. The van der Waals surface area contributed by atoms with E-state index in [9.17, 15) is 4.79 Å². The second-order valence-corrected chi connectivity index (χ2v) is 4.74. The highest BCUT2D eigenvalue weighted by Gasteiger charge is 2.23. The smallest absolute Gasteiger partial charge is 0.339 e. The molecule has 1 unspecified atom stereocenters. The van der Waals surface area contributed by atoms with Crippen molar-refractivity contribution >= 4 is 11.8 Å². The van der Waals surface area contributed by atoms with Gasteiger partial charge in [-0.3, -0.25) is 0 Å². The summed E-state index contributed by atoms with van der Waals surface area (Å²) in [5.74, 6) is 1.09. The third kappa shape index (κ3) is 3.44. The summed E-state index contributed by atoms with van der Waals surface area (Å²) >= 11 is 0. The van der Waals surface area contributed by atoms with E-state index in [1.807, 2.05) is 6.07 Å². The lowest BCUT2D eigenvalue weighted by Crippen LogP contribution is -2.21. The first-order chi connectivity index (χ1) is 9.24. The van der Waals surface area contributed by atoms with Crippen molar-refractivity contribution in [2.24, 2.45) is 5.92 Å². The lowest BCUT2D eigenvalue weighted by molar-refractivity contribution is 0.0526. The number of carbonyl (C=O) groups excluding carboxylic acids is 1. The highest BCUT2D eigenvalue weighted by atomic mass is 16.5. The number of hydrogen-bond acceptors (Lipinski definition) is 5. The third-order valence-electron chi connectivity index (χ3n) is 3.41. The molecule has 0 spiro atoms. The summed E-state index contributed by atoms with van der Waals surface area (Å²) in [4.78, 5) is 18.0. The number of ether oxygens (including phenoxy) is 1. The number of anilines is 1. The number of pyridine rings is 1. The number of esters is 1. The summed E-state index contributed by atoms with van der Waals surface area (Å²) in [7, 11) is 0. The van der Waals surface area contributed by atoms with Gasteiger partial charge in [0.2, 0.25) is 0 Å². The molecule has 0 aliphatic carbocycles. The van der Waals surface area contributed by atoms with Crippen molar-refractivity contribution in [2.45, 2.75) is 19.8 Å². The van der Waals surface area contributed by atoms with E-state index in [1.54, 1.807) is 19.2 Å². The van der Waals surface area contributed by atoms with Crippen LogP contribution in [0.1, 0.15) is 30.1 Å². The zero-order chi connectivity index (χ0) is 13.7. The van der Waals surface area contributed by atoms with E-state index in [0.717, 1.165) is 31.7 Å². The van der Waals surface area contributed by atoms with Crippen LogP contribution in [0.2, 0.25) is 0 Å². The molecule has 1 atom stereocenters. The van der Waals surface area contributed by atoms with Crippen molar-refractivity contribution in [3.8, 4) is 0 Å². The Hall–Kier alpha value is -1.62. The van der Waals surface area contributed by atoms with Gasteiger partial charge in [-0.25, -0.2) is 9.78 Å². The van der Waals surface area contributed by atoms with E-state index in [-0.39, 0.29) is 12.6 Å². The summed E-state index contributed by atoms with van der Waals surface area (Å²) in [5.41, 5.74) is 0.483. The van der Waals surface area contributed by atoms with Gasteiger partial charge in [-0.05, 0) is 37.8 Å². The van der Waals surface area contributed by atoms with Crippen LogP contribution in [0.4, 0.5) is 5.82 Å². The fourth-order valence-electron chi connectivity index (χ4n) is 2.37. The number of rotatable bonds is 5. The van der Waals surface area contributed by atoms with Gasteiger partial charge in [0.05, 0.1) is 12.2 Å². The van der Waals surface area contributed by atoms with Gasteiger partial charge < -0.3 is 14.7 Å². The molecular formula is C14H20N2O3. The Morgan fingerprint density at radius 3 is 3.05 bits per heavy atom. The van der Waals surface area contributed by atoms with Gasteiger partial charge in [0.1, 0.15) is 5.82 Å². The summed E-state index contributed by atoms with van der Waals surface area (Å²) in [6.45, 7) is 4.28. The minimum absolute atomic E-state index is 0.244. The van der Waals surface area contributed by atoms with Crippen molar-refractivity contribution in [3.05, 3.63) is 23.9 Å². The molecule has 0 aromatic carbocycles. The van der Waals surface area contributed by atoms with Gasteiger partial charge in [-0.15, -0.1) is 0 Å². The van der Waals surface area contributed by atoms with Gasteiger partial charge in [-0.1, -0.05) is 0 Å². The van der Waals surface area contributed by atoms with Crippen LogP contribution in [0.3, 0.4) is 0 Å². The van der Waals surface area contributed by atoms with E-state index >= 15 is 0 Å². The number of aromatic nitrogens is 1. The fraction of sp³-hybridized carbons (Fsp3) is 0.571. The van der Waals surface area contributed by atoms with E-state index in [4.69, 9.17) is 9.84 Å². The van der Waals surface area contributed by atoms with Crippen LogP contribution in [0.5, 0.6) is 0 Å². The van der Waals surface area contributed by atoms with E-state index in [1.165, 1.54) is 0 Å².